The summed E-state index contributed by atoms with van der Waals surface area (Å²) >= 11 is 1.86. The normalized spacial score (nSPS) is 11.8. The first-order valence-electron chi connectivity index (χ1n) is 19.7. The van der Waals surface area contributed by atoms with Gasteiger partial charge >= 0.3 is 0 Å². The van der Waals surface area contributed by atoms with Crippen molar-refractivity contribution >= 4 is 92.3 Å². The van der Waals surface area contributed by atoms with Crippen LogP contribution in [0.2, 0.25) is 0 Å². The number of hydrogen-bond acceptors (Lipinski definition) is 3. The highest BCUT2D eigenvalue weighted by Gasteiger charge is 2.18. The molecule has 0 saturated carbocycles. The van der Waals surface area contributed by atoms with Gasteiger partial charge in [0.25, 0.3) is 0 Å². The molecule has 0 fully saturated rings. The number of thiophene rings is 1. The molecule has 9 aromatic carbocycles. The van der Waals surface area contributed by atoms with Gasteiger partial charge < -0.3 is 13.9 Å². The van der Waals surface area contributed by atoms with E-state index in [2.05, 4.69) is 204 Å². The Hall–Kier alpha value is -7.40. The lowest BCUT2D eigenvalue weighted by molar-refractivity contribution is 0.669. The van der Waals surface area contributed by atoms with E-state index < -0.39 is 0 Å². The van der Waals surface area contributed by atoms with Gasteiger partial charge in [0.2, 0.25) is 0 Å². The zero-order chi connectivity index (χ0) is 38.2. The van der Waals surface area contributed by atoms with Gasteiger partial charge in [-0.15, -0.1) is 11.3 Å². The second kappa shape index (κ2) is 13.1. The minimum atomic E-state index is 0.901. The molecule has 58 heavy (non-hydrogen) atoms. The van der Waals surface area contributed by atoms with Crippen LogP contribution in [0.5, 0.6) is 0 Å². The first-order valence-corrected chi connectivity index (χ1v) is 20.5. The van der Waals surface area contributed by atoms with Gasteiger partial charge in [0.15, 0.2) is 0 Å². The second-order valence-corrected chi connectivity index (χ2v) is 16.0. The molecule has 0 unspecified atom stereocenters. The Morgan fingerprint density at radius 1 is 0.345 bits per heavy atom. The van der Waals surface area contributed by atoms with Crippen LogP contribution in [0.1, 0.15) is 0 Å². The van der Waals surface area contributed by atoms with E-state index >= 15 is 0 Å². The van der Waals surface area contributed by atoms with Crippen molar-refractivity contribution in [1.82, 2.24) is 4.57 Å². The van der Waals surface area contributed by atoms with Gasteiger partial charge in [-0.05, 0) is 107 Å². The lowest BCUT2D eigenvalue weighted by atomic mass is 10.0. The van der Waals surface area contributed by atoms with Gasteiger partial charge in [0.1, 0.15) is 11.2 Å². The van der Waals surface area contributed by atoms with Crippen LogP contribution in [0.3, 0.4) is 0 Å². The maximum absolute atomic E-state index is 6.26. The number of benzene rings is 9. The molecule has 0 aliphatic carbocycles. The van der Waals surface area contributed by atoms with Crippen molar-refractivity contribution in [1.29, 1.82) is 0 Å². The predicted molar refractivity (Wildman–Crippen MR) is 247 cm³/mol. The largest absolute Gasteiger partial charge is 0.456 e. The maximum Gasteiger partial charge on any atom is 0.136 e. The Kier molecular flexibility index (Phi) is 7.40. The van der Waals surface area contributed by atoms with E-state index in [1.807, 2.05) is 23.5 Å². The number of fused-ring (bicyclic) bond motifs is 9. The van der Waals surface area contributed by atoms with Crippen LogP contribution in [0.15, 0.2) is 211 Å². The summed E-state index contributed by atoms with van der Waals surface area (Å²) in [5.41, 5.74) is 13.2. The first-order chi connectivity index (χ1) is 28.7. The summed E-state index contributed by atoms with van der Waals surface area (Å²) in [5, 5.41) is 7.39. The van der Waals surface area contributed by atoms with Crippen LogP contribution in [0.25, 0.3) is 91.9 Å². The molecule has 0 saturated heterocycles. The van der Waals surface area contributed by atoms with Gasteiger partial charge in [-0.1, -0.05) is 121 Å². The summed E-state index contributed by atoms with van der Waals surface area (Å²) in [4.78, 5) is 2.37. The molecule has 4 heteroatoms. The number of nitrogens with zero attached hydrogens (tertiary/aromatic N) is 2. The number of aromatic nitrogens is 1. The van der Waals surface area contributed by atoms with Gasteiger partial charge in [0.05, 0.1) is 11.0 Å². The molecule has 0 aliphatic heterocycles. The Morgan fingerprint density at radius 2 is 0.879 bits per heavy atom. The Balaban J connectivity index is 0.983. The summed E-state index contributed by atoms with van der Waals surface area (Å²) in [6.45, 7) is 0. The van der Waals surface area contributed by atoms with Crippen LogP contribution in [-0.2, 0) is 0 Å². The fourth-order valence-electron chi connectivity index (χ4n) is 8.82. The van der Waals surface area contributed by atoms with Crippen LogP contribution in [0, 0.1) is 0 Å². The van der Waals surface area contributed by atoms with Gasteiger partial charge in [-0.3, -0.25) is 0 Å². The molecule has 0 bridgehead atoms. The zero-order valence-corrected chi connectivity index (χ0v) is 32.2. The number of hydrogen-bond donors (Lipinski definition) is 0. The third kappa shape index (κ3) is 5.27. The second-order valence-electron chi connectivity index (χ2n) is 14.9. The molecule has 3 aromatic heterocycles. The van der Waals surface area contributed by atoms with Crippen LogP contribution < -0.4 is 4.90 Å². The maximum atomic E-state index is 6.26. The van der Waals surface area contributed by atoms with Crippen molar-refractivity contribution in [2.75, 3.05) is 4.90 Å². The Morgan fingerprint density at radius 3 is 1.66 bits per heavy atom. The number of furan rings is 1. The topological polar surface area (TPSA) is 21.3 Å². The number of para-hydroxylation sites is 3. The third-order valence-electron chi connectivity index (χ3n) is 11.6. The molecule has 272 valence electrons. The van der Waals surface area contributed by atoms with E-state index in [-0.39, 0.29) is 0 Å². The highest BCUT2D eigenvalue weighted by molar-refractivity contribution is 7.25. The predicted octanol–water partition coefficient (Wildman–Crippen LogP) is 15.9. The van der Waals surface area contributed by atoms with Crippen molar-refractivity contribution < 1.29 is 4.42 Å². The van der Waals surface area contributed by atoms with E-state index in [1.165, 1.54) is 53.1 Å². The minimum absolute atomic E-state index is 0.901. The van der Waals surface area contributed by atoms with E-state index in [0.29, 0.717) is 0 Å². The fourth-order valence-corrected chi connectivity index (χ4v) is 9.96. The SMILES string of the molecule is c1ccc(-n2c3ccccc3c3ccc(N(c4ccc(-c5ccc6c(c5)oc5ccccc56)cc4)c4ccc(-c5ccc6c(c5)sc5ccccc56)cc4)cc32)cc1. The molecule has 0 amide bonds. The molecule has 0 atom stereocenters. The highest BCUT2D eigenvalue weighted by Crippen LogP contribution is 2.42. The molecule has 0 N–H and O–H groups in total. The van der Waals surface area contributed by atoms with Crippen molar-refractivity contribution in [2.24, 2.45) is 0 Å². The van der Waals surface area contributed by atoms with E-state index in [4.69, 9.17) is 4.42 Å². The molecule has 0 radical (unpaired) electrons. The van der Waals surface area contributed by atoms with E-state index in [9.17, 15) is 0 Å². The summed E-state index contributed by atoms with van der Waals surface area (Å²) < 4.78 is 11.3. The van der Waals surface area contributed by atoms with E-state index in [1.54, 1.807) is 0 Å². The Bertz CT molecular complexity index is 3340. The lowest BCUT2D eigenvalue weighted by Crippen LogP contribution is -2.10. The third-order valence-corrected chi connectivity index (χ3v) is 12.7. The first kappa shape index (κ1) is 32.8. The molecular formula is C54H34N2OS. The van der Waals surface area contributed by atoms with Crippen LogP contribution >= 0.6 is 11.3 Å². The average molecular weight is 759 g/mol. The smallest absolute Gasteiger partial charge is 0.136 e. The number of anilines is 3. The summed E-state index contributed by atoms with van der Waals surface area (Å²) in [7, 11) is 0. The van der Waals surface area contributed by atoms with Gasteiger partial charge in [-0.2, -0.15) is 0 Å². The summed E-state index contributed by atoms with van der Waals surface area (Å²) in [6, 6.07) is 74.5. The van der Waals surface area contributed by atoms with Crippen molar-refractivity contribution in [2.45, 2.75) is 0 Å². The molecule has 12 rings (SSSR count). The summed E-state index contributed by atoms with van der Waals surface area (Å²) in [5.74, 6) is 0. The van der Waals surface area contributed by atoms with Crippen molar-refractivity contribution in [3.05, 3.63) is 206 Å². The number of rotatable bonds is 6. The fraction of sp³-hybridized carbons (Fsp3) is 0. The van der Waals surface area contributed by atoms with E-state index in [0.717, 1.165) is 55.8 Å². The van der Waals surface area contributed by atoms with Gasteiger partial charge in [0, 0.05) is 64.5 Å². The van der Waals surface area contributed by atoms with Crippen LogP contribution in [-0.4, -0.2) is 4.57 Å². The average Bonchev–Trinajstić information content (AvgIpc) is 3.96. The lowest BCUT2D eigenvalue weighted by Gasteiger charge is -2.26. The molecule has 0 aliphatic rings. The minimum Gasteiger partial charge on any atom is -0.456 e. The Labute approximate surface area is 338 Å². The molecule has 3 nitrogen and oxygen atoms in total. The van der Waals surface area contributed by atoms with Gasteiger partial charge in [-0.25, -0.2) is 0 Å². The van der Waals surface area contributed by atoms with Crippen molar-refractivity contribution in [3.8, 4) is 27.9 Å². The molecule has 12 aromatic rings. The zero-order valence-electron chi connectivity index (χ0n) is 31.3. The summed E-state index contributed by atoms with van der Waals surface area (Å²) in [6.07, 6.45) is 0. The quantitative estimate of drug-likeness (QED) is 0.168. The molecule has 0 spiro atoms. The van der Waals surface area contributed by atoms with Crippen LogP contribution in [0.4, 0.5) is 17.1 Å². The van der Waals surface area contributed by atoms with Crippen molar-refractivity contribution in [3.63, 3.8) is 0 Å². The molecule has 3 heterocycles. The highest BCUT2D eigenvalue weighted by atomic mass is 32.1. The standard InChI is InChI=1S/C54H34N2OS/c1-2-10-39(11-3-1)56-49-15-7-4-12-43(49)44-31-28-42(34-50(44)56)55(40-24-18-35(19-25-40)37-22-29-46-45-13-5-8-16-51(45)57-52(46)32-37)41-26-20-36(21-27-41)38-23-30-48-47-14-6-9-17-53(47)58-54(48)33-38/h1-34H. The monoisotopic (exact) mass is 758 g/mol. The molecular weight excluding hydrogens is 725 g/mol.